The zero-order valence-corrected chi connectivity index (χ0v) is 4.72. The molecule has 42 valence electrons. The third-order valence-corrected chi connectivity index (χ3v) is 1.18. The first-order valence-corrected chi connectivity index (χ1v) is 2.52. The molecule has 0 bridgehead atoms. The van der Waals surface area contributed by atoms with Crippen LogP contribution in [0.2, 0.25) is 0 Å². The molecule has 0 fully saturated rings. The SMILES string of the molecule is CC1=C(C=O)N=CC1. The Balaban J connectivity index is 2.85. The number of aliphatic imine (C=N–C) groups is 1. The highest BCUT2D eigenvalue weighted by Crippen LogP contribution is 2.11. The molecule has 0 aromatic rings. The lowest BCUT2D eigenvalue weighted by atomic mass is 10.2. The van der Waals surface area contributed by atoms with Gasteiger partial charge in [-0.25, -0.2) is 0 Å². The third-order valence-electron chi connectivity index (χ3n) is 1.18. The van der Waals surface area contributed by atoms with Gasteiger partial charge < -0.3 is 0 Å². The van der Waals surface area contributed by atoms with Gasteiger partial charge in [0.1, 0.15) is 5.70 Å². The van der Waals surface area contributed by atoms with Gasteiger partial charge in [0.2, 0.25) is 0 Å². The van der Waals surface area contributed by atoms with E-state index in [0.29, 0.717) is 5.70 Å². The van der Waals surface area contributed by atoms with Gasteiger partial charge in [-0.1, -0.05) is 0 Å². The van der Waals surface area contributed by atoms with Gasteiger partial charge in [0, 0.05) is 12.6 Å². The summed E-state index contributed by atoms with van der Waals surface area (Å²) in [6, 6.07) is 0. The van der Waals surface area contributed by atoms with Crippen molar-refractivity contribution >= 4 is 12.5 Å². The van der Waals surface area contributed by atoms with Crippen molar-refractivity contribution in [3.05, 3.63) is 11.3 Å². The van der Waals surface area contributed by atoms with Gasteiger partial charge in [-0.2, -0.15) is 0 Å². The second kappa shape index (κ2) is 1.90. The molecule has 1 rings (SSSR count). The van der Waals surface area contributed by atoms with Crippen LogP contribution >= 0.6 is 0 Å². The summed E-state index contributed by atoms with van der Waals surface area (Å²) < 4.78 is 0. The second-order valence-electron chi connectivity index (χ2n) is 1.80. The first-order valence-electron chi connectivity index (χ1n) is 2.52. The van der Waals surface area contributed by atoms with E-state index in [2.05, 4.69) is 4.99 Å². The maximum Gasteiger partial charge on any atom is 0.168 e. The molecule has 0 aliphatic carbocycles. The molecule has 0 amide bonds. The third kappa shape index (κ3) is 0.689. The molecule has 1 aliphatic rings. The Morgan fingerprint density at radius 1 is 1.88 bits per heavy atom. The highest BCUT2D eigenvalue weighted by atomic mass is 16.1. The fourth-order valence-electron chi connectivity index (χ4n) is 0.627. The highest BCUT2D eigenvalue weighted by Gasteiger charge is 2.02. The number of hydrogen-bond acceptors (Lipinski definition) is 2. The van der Waals surface area contributed by atoms with Gasteiger partial charge in [0.25, 0.3) is 0 Å². The van der Waals surface area contributed by atoms with Crippen LogP contribution < -0.4 is 0 Å². The van der Waals surface area contributed by atoms with Crippen LogP contribution in [0.25, 0.3) is 0 Å². The number of carbonyl (C=O) groups is 1. The lowest BCUT2D eigenvalue weighted by Crippen LogP contribution is -1.77. The monoisotopic (exact) mass is 109 g/mol. The topological polar surface area (TPSA) is 29.4 Å². The maximum absolute atomic E-state index is 10.0. The fraction of sp³-hybridized carbons (Fsp3) is 0.333. The van der Waals surface area contributed by atoms with Crippen LogP contribution in [-0.4, -0.2) is 12.5 Å². The number of rotatable bonds is 1. The molecule has 0 aromatic carbocycles. The summed E-state index contributed by atoms with van der Waals surface area (Å²) in [5.41, 5.74) is 1.67. The van der Waals surface area contributed by atoms with Crippen LogP contribution in [0.4, 0.5) is 0 Å². The van der Waals surface area contributed by atoms with Crippen LogP contribution in [0, 0.1) is 0 Å². The van der Waals surface area contributed by atoms with Crippen molar-refractivity contribution in [1.82, 2.24) is 0 Å². The number of aldehydes is 1. The minimum absolute atomic E-state index is 0.602. The quantitative estimate of drug-likeness (QED) is 0.460. The van der Waals surface area contributed by atoms with E-state index in [0.717, 1.165) is 18.3 Å². The number of nitrogens with zero attached hydrogens (tertiary/aromatic N) is 1. The summed E-state index contributed by atoms with van der Waals surface area (Å²) in [5.74, 6) is 0. The van der Waals surface area contributed by atoms with Crippen LogP contribution in [0.1, 0.15) is 13.3 Å². The Morgan fingerprint density at radius 3 is 2.88 bits per heavy atom. The van der Waals surface area contributed by atoms with E-state index < -0.39 is 0 Å². The van der Waals surface area contributed by atoms with Gasteiger partial charge in [-0.3, -0.25) is 9.79 Å². The van der Waals surface area contributed by atoms with Gasteiger partial charge in [0.05, 0.1) is 0 Å². The molecule has 0 atom stereocenters. The average Bonchev–Trinajstić information content (AvgIpc) is 2.14. The zero-order chi connectivity index (χ0) is 5.98. The van der Waals surface area contributed by atoms with Gasteiger partial charge in [-0.05, 0) is 12.5 Å². The first-order chi connectivity index (χ1) is 3.84. The average molecular weight is 109 g/mol. The molecule has 1 aliphatic heterocycles. The number of carbonyl (C=O) groups excluding carboxylic acids is 1. The van der Waals surface area contributed by atoms with Crippen LogP contribution in [0.3, 0.4) is 0 Å². The first kappa shape index (κ1) is 5.22. The molecule has 1 heterocycles. The minimum Gasteiger partial charge on any atom is -0.296 e. The number of allylic oxidation sites excluding steroid dienone is 2. The summed E-state index contributed by atoms with van der Waals surface area (Å²) >= 11 is 0. The predicted molar refractivity (Wildman–Crippen MR) is 31.9 cm³/mol. The van der Waals surface area contributed by atoms with Crippen molar-refractivity contribution in [2.45, 2.75) is 13.3 Å². The normalized spacial score (nSPS) is 17.6. The summed E-state index contributed by atoms with van der Waals surface area (Å²) in [6.45, 7) is 1.91. The largest absolute Gasteiger partial charge is 0.296 e. The van der Waals surface area contributed by atoms with E-state index in [1.165, 1.54) is 0 Å². The molecule has 0 saturated heterocycles. The van der Waals surface area contributed by atoms with E-state index >= 15 is 0 Å². The molecule has 0 aromatic heterocycles. The van der Waals surface area contributed by atoms with E-state index in [9.17, 15) is 4.79 Å². The van der Waals surface area contributed by atoms with Crippen molar-refractivity contribution in [3.8, 4) is 0 Å². The van der Waals surface area contributed by atoms with E-state index in [4.69, 9.17) is 0 Å². The van der Waals surface area contributed by atoms with Crippen LogP contribution in [-0.2, 0) is 4.79 Å². The van der Waals surface area contributed by atoms with Crippen molar-refractivity contribution in [2.75, 3.05) is 0 Å². The molecule has 2 heteroatoms. The Kier molecular flexibility index (Phi) is 1.24. The van der Waals surface area contributed by atoms with Gasteiger partial charge >= 0.3 is 0 Å². The molecule has 0 radical (unpaired) electrons. The minimum atomic E-state index is 0.602. The second-order valence-corrected chi connectivity index (χ2v) is 1.80. The Labute approximate surface area is 47.9 Å². The van der Waals surface area contributed by atoms with Crippen molar-refractivity contribution in [1.29, 1.82) is 0 Å². The van der Waals surface area contributed by atoms with Crippen molar-refractivity contribution < 1.29 is 4.79 Å². The van der Waals surface area contributed by atoms with E-state index in [1.54, 1.807) is 6.21 Å². The van der Waals surface area contributed by atoms with Crippen LogP contribution in [0.5, 0.6) is 0 Å². The van der Waals surface area contributed by atoms with E-state index in [-0.39, 0.29) is 0 Å². The molecule has 0 spiro atoms. The fourth-order valence-corrected chi connectivity index (χ4v) is 0.627. The molecular weight excluding hydrogens is 102 g/mol. The highest BCUT2D eigenvalue weighted by molar-refractivity contribution is 5.83. The molecule has 0 saturated carbocycles. The summed E-state index contributed by atoms with van der Waals surface area (Å²) in [4.78, 5) is 13.9. The zero-order valence-electron chi connectivity index (χ0n) is 4.72. The summed E-state index contributed by atoms with van der Waals surface area (Å²) in [7, 11) is 0. The Hall–Kier alpha value is -0.920. The van der Waals surface area contributed by atoms with E-state index in [1.807, 2.05) is 6.92 Å². The molecular formula is C6H7NO. The Bertz CT molecular complexity index is 167. The molecule has 0 N–H and O–H groups in total. The summed E-state index contributed by atoms with van der Waals surface area (Å²) in [5, 5.41) is 0. The number of hydrogen-bond donors (Lipinski definition) is 0. The predicted octanol–water partition coefficient (Wildman–Crippen LogP) is 0.934. The lowest BCUT2D eigenvalue weighted by Gasteiger charge is -1.84. The molecule has 0 unspecified atom stereocenters. The standard InChI is InChI=1S/C6H7NO/c1-5-2-3-7-6(5)4-8/h3-4H,2H2,1H3. The van der Waals surface area contributed by atoms with Gasteiger partial charge in [-0.15, -0.1) is 0 Å². The smallest absolute Gasteiger partial charge is 0.168 e. The lowest BCUT2D eigenvalue weighted by molar-refractivity contribution is -0.104. The van der Waals surface area contributed by atoms with Crippen LogP contribution in [0.15, 0.2) is 16.3 Å². The van der Waals surface area contributed by atoms with Crippen molar-refractivity contribution in [3.63, 3.8) is 0 Å². The molecule has 2 nitrogen and oxygen atoms in total. The maximum atomic E-state index is 10.0. The summed E-state index contributed by atoms with van der Waals surface area (Å²) in [6.07, 6.45) is 3.38. The van der Waals surface area contributed by atoms with Crippen molar-refractivity contribution in [2.24, 2.45) is 4.99 Å². The molecule has 8 heavy (non-hydrogen) atoms. The van der Waals surface area contributed by atoms with Gasteiger partial charge in [0.15, 0.2) is 6.29 Å². The Morgan fingerprint density at radius 2 is 2.62 bits per heavy atom.